The molecule has 0 radical (unpaired) electrons. The van der Waals surface area contributed by atoms with Gasteiger partial charge in [-0.2, -0.15) is 9.37 Å². The SMILES string of the molecule is CC1CC(Oc2cccc(F)n2)CC(C)(C)C1. The highest BCUT2D eigenvalue weighted by molar-refractivity contribution is 5.11. The maximum absolute atomic E-state index is 13.0. The van der Waals surface area contributed by atoms with E-state index < -0.39 is 5.95 Å². The Balaban J connectivity index is 2.03. The van der Waals surface area contributed by atoms with Gasteiger partial charge in [-0.3, -0.25) is 0 Å². The van der Waals surface area contributed by atoms with Gasteiger partial charge in [0.25, 0.3) is 0 Å². The fourth-order valence-corrected chi connectivity index (χ4v) is 2.97. The van der Waals surface area contributed by atoms with Crippen LogP contribution < -0.4 is 4.74 Å². The Morgan fingerprint density at radius 2 is 2.12 bits per heavy atom. The standard InChI is InChI=1S/C14H20FNO/c1-10-7-11(9-14(2,3)8-10)17-13-6-4-5-12(15)16-13/h4-6,10-11H,7-9H2,1-3H3. The zero-order valence-corrected chi connectivity index (χ0v) is 10.7. The molecule has 1 aliphatic carbocycles. The minimum Gasteiger partial charge on any atom is -0.474 e. The molecular formula is C14H20FNO. The molecule has 2 nitrogen and oxygen atoms in total. The molecule has 0 N–H and O–H groups in total. The van der Waals surface area contributed by atoms with Crippen LogP contribution in [0.4, 0.5) is 4.39 Å². The molecule has 1 aliphatic rings. The predicted molar refractivity (Wildman–Crippen MR) is 65.4 cm³/mol. The van der Waals surface area contributed by atoms with Gasteiger partial charge in [0.15, 0.2) is 0 Å². The molecule has 2 unspecified atom stereocenters. The third-order valence-electron chi connectivity index (χ3n) is 3.32. The molecule has 1 aromatic rings. The zero-order chi connectivity index (χ0) is 12.5. The largest absolute Gasteiger partial charge is 0.474 e. The summed E-state index contributed by atoms with van der Waals surface area (Å²) in [5.74, 6) is 0.572. The number of rotatable bonds is 2. The lowest BCUT2D eigenvalue weighted by atomic mass is 9.71. The maximum Gasteiger partial charge on any atom is 0.216 e. The molecule has 0 amide bonds. The van der Waals surface area contributed by atoms with Crippen LogP contribution in [0.5, 0.6) is 5.88 Å². The molecule has 0 spiro atoms. The zero-order valence-electron chi connectivity index (χ0n) is 10.7. The molecule has 0 aromatic carbocycles. The van der Waals surface area contributed by atoms with E-state index in [0.29, 0.717) is 17.2 Å². The Bertz CT molecular complexity index is 392. The number of ether oxygens (including phenoxy) is 1. The third-order valence-corrected chi connectivity index (χ3v) is 3.32. The van der Waals surface area contributed by atoms with Crippen LogP contribution in [-0.2, 0) is 0 Å². The molecule has 2 atom stereocenters. The van der Waals surface area contributed by atoms with Gasteiger partial charge in [0.1, 0.15) is 6.10 Å². The number of halogens is 1. The second-order valence-corrected chi connectivity index (χ2v) is 5.95. The van der Waals surface area contributed by atoms with Gasteiger partial charge in [-0.1, -0.05) is 26.8 Å². The highest BCUT2D eigenvalue weighted by Crippen LogP contribution is 2.39. The quantitative estimate of drug-likeness (QED) is 0.730. The average molecular weight is 237 g/mol. The number of hydrogen-bond acceptors (Lipinski definition) is 2. The minimum atomic E-state index is -0.481. The Hall–Kier alpha value is -1.12. The summed E-state index contributed by atoms with van der Waals surface area (Å²) in [6.07, 6.45) is 3.42. The summed E-state index contributed by atoms with van der Waals surface area (Å²) in [5, 5.41) is 0. The lowest BCUT2D eigenvalue weighted by Crippen LogP contribution is -2.34. The van der Waals surface area contributed by atoms with Crippen molar-refractivity contribution in [3.8, 4) is 5.88 Å². The van der Waals surface area contributed by atoms with Crippen molar-refractivity contribution >= 4 is 0 Å². The Morgan fingerprint density at radius 1 is 1.35 bits per heavy atom. The van der Waals surface area contributed by atoms with Crippen molar-refractivity contribution < 1.29 is 9.13 Å². The third kappa shape index (κ3) is 3.42. The first-order chi connectivity index (χ1) is 7.94. The number of pyridine rings is 1. The summed E-state index contributed by atoms with van der Waals surface area (Å²) in [4.78, 5) is 3.75. The Morgan fingerprint density at radius 3 is 2.76 bits per heavy atom. The van der Waals surface area contributed by atoms with Crippen LogP contribution in [-0.4, -0.2) is 11.1 Å². The van der Waals surface area contributed by atoms with E-state index >= 15 is 0 Å². The summed E-state index contributed by atoms with van der Waals surface area (Å²) in [6, 6.07) is 4.69. The smallest absolute Gasteiger partial charge is 0.216 e. The van der Waals surface area contributed by atoms with E-state index in [1.54, 1.807) is 12.1 Å². The lowest BCUT2D eigenvalue weighted by molar-refractivity contribution is 0.0527. The fraction of sp³-hybridized carbons (Fsp3) is 0.643. The average Bonchev–Trinajstić information content (AvgIpc) is 2.13. The molecule has 0 saturated heterocycles. The van der Waals surface area contributed by atoms with Crippen molar-refractivity contribution in [1.82, 2.24) is 4.98 Å². The molecule has 2 rings (SSSR count). The van der Waals surface area contributed by atoms with Crippen molar-refractivity contribution in [3.05, 3.63) is 24.1 Å². The molecule has 0 aliphatic heterocycles. The Labute approximate surface area is 102 Å². The highest BCUT2D eigenvalue weighted by Gasteiger charge is 2.33. The van der Waals surface area contributed by atoms with Crippen LogP contribution in [0.15, 0.2) is 18.2 Å². The van der Waals surface area contributed by atoms with Crippen molar-refractivity contribution in [3.63, 3.8) is 0 Å². The lowest BCUT2D eigenvalue weighted by Gasteiger charge is -2.38. The molecule has 1 fully saturated rings. The van der Waals surface area contributed by atoms with Crippen LogP contribution in [0.25, 0.3) is 0 Å². The first kappa shape index (κ1) is 12.3. The normalized spacial score (nSPS) is 27.8. The number of aromatic nitrogens is 1. The first-order valence-corrected chi connectivity index (χ1v) is 6.24. The van der Waals surface area contributed by atoms with Crippen molar-refractivity contribution in [2.75, 3.05) is 0 Å². The minimum absolute atomic E-state index is 0.156. The molecule has 1 saturated carbocycles. The van der Waals surface area contributed by atoms with Crippen LogP contribution >= 0.6 is 0 Å². The molecule has 94 valence electrons. The molecule has 1 heterocycles. The van der Waals surface area contributed by atoms with Crippen molar-refractivity contribution in [1.29, 1.82) is 0 Å². The summed E-state index contributed by atoms with van der Waals surface area (Å²) >= 11 is 0. The molecule has 0 bridgehead atoms. The van der Waals surface area contributed by atoms with E-state index in [9.17, 15) is 4.39 Å². The molecule has 3 heteroatoms. The van der Waals surface area contributed by atoms with Crippen LogP contribution in [0.3, 0.4) is 0 Å². The van der Waals surface area contributed by atoms with Gasteiger partial charge in [0.05, 0.1) is 0 Å². The molecule has 17 heavy (non-hydrogen) atoms. The van der Waals surface area contributed by atoms with Gasteiger partial charge in [-0.25, -0.2) is 0 Å². The summed E-state index contributed by atoms with van der Waals surface area (Å²) in [6.45, 7) is 6.77. The number of nitrogens with zero attached hydrogens (tertiary/aromatic N) is 1. The topological polar surface area (TPSA) is 22.1 Å². The van der Waals surface area contributed by atoms with Crippen molar-refractivity contribution in [2.24, 2.45) is 11.3 Å². The highest BCUT2D eigenvalue weighted by atomic mass is 19.1. The van der Waals surface area contributed by atoms with Crippen LogP contribution in [0, 0.1) is 17.3 Å². The van der Waals surface area contributed by atoms with E-state index in [2.05, 4.69) is 25.8 Å². The van der Waals surface area contributed by atoms with Crippen molar-refractivity contribution in [2.45, 2.75) is 46.1 Å². The second kappa shape index (κ2) is 4.63. The van der Waals surface area contributed by atoms with E-state index in [1.165, 1.54) is 12.5 Å². The summed E-state index contributed by atoms with van der Waals surface area (Å²) in [7, 11) is 0. The fourth-order valence-electron chi connectivity index (χ4n) is 2.97. The summed E-state index contributed by atoms with van der Waals surface area (Å²) in [5.41, 5.74) is 0.301. The van der Waals surface area contributed by atoms with Gasteiger partial charge >= 0.3 is 0 Å². The van der Waals surface area contributed by atoms with Crippen LogP contribution in [0.1, 0.15) is 40.0 Å². The van der Waals surface area contributed by atoms with E-state index in [4.69, 9.17) is 4.74 Å². The van der Waals surface area contributed by atoms with Crippen LogP contribution in [0.2, 0.25) is 0 Å². The van der Waals surface area contributed by atoms with Gasteiger partial charge < -0.3 is 4.74 Å². The summed E-state index contributed by atoms with van der Waals surface area (Å²) < 4.78 is 18.8. The van der Waals surface area contributed by atoms with Gasteiger partial charge in [0.2, 0.25) is 11.8 Å². The second-order valence-electron chi connectivity index (χ2n) is 5.95. The van der Waals surface area contributed by atoms with E-state index in [1.807, 2.05) is 0 Å². The number of hydrogen-bond donors (Lipinski definition) is 0. The van der Waals surface area contributed by atoms with E-state index in [-0.39, 0.29) is 6.10 Å². The predicted octanol–water partition coefficient (Wildman–Crippen LogP) is 3.81. The van der Waals surface area contributed by atoms with E-state index in [0.717, 1.165) is 12.8 Å². The first-order valence-electron chi connectivity index (χ1n) is 6.24. The van der Waals surface area contributed by atoms with Gasteiger partial charge in [-0.05, 0) is 36.7 Å². The maximum atomic E-state index is 13.0. The monoisotopic (exact) mass is 237 g/mol. The Kier molecular flexibility index (Phi) is 3.36. The molecule has 1 aromatic heterocycles. The van der Waals surface area contributed by atoms with Gasteiger partial charge in [0, 0.05) is 6.07 Å². The molecular weight excluding hydrogens is 217 g/mol. The van der Waals surface area contributed by atoms with Gasteiger partial charge in [-0.15, -0.1) is 0 Å².